The standard InChI is InChI=1S/C12H14N4OS.ClH/c1-3-10-15-16-12(18-10)14-11(17)9-6-8(13)5-4-7(9)2;/h4-6H,3,13H2,1-2H3,(H,14,16,17);1H. The van der Waals surface area contributed by atoms with Gasteiger partial charge in [-0.15, -0.1) is 22.6 Å². The summed E-state index contributed by atoms with van der Waals surface area (Å²) in [7, 11) is 0. The van der Waals surface area contributed by atoms with E-state index < -0.39 is 0 Å². The number of aryl methyl sites for hydroxylation is 2. The van der Waals surface area contributed by atoms with Crippen LogP contribution in [0.2, 0.25) is 0 Å². The maximum absolute atomic E-state index is 12.1. The number of aromatic nitrogens is 2. The first-order chi connectivity index (χ1) is 8.60. The van der Waals surface area contributed by atoms with Crippen LogP contribution in [-0.2, 0) is 6.42 Å². The molecule has 1 aromatic heterocycles. The lowest BCUT2D eigenvalue weighted by molar-refractivity contribution is 0.102. The number of rotatable bonds is 3. The molecule has 0 atom stereocenters. The average Bonchev–Trinajstić information content (AvgIpc) is 2.80. The van der Waals surface area contributed by atoms with Gasteiger partial charge in [-0.05, 0) is 31.0 Å². The Morgan fingerprint density at radius 1 is 1.42 bits per heavy atom. The summed E-state index contributed by atoms with van der Waals surface area (Å²) in [5, 5.41) is 12.0. The third-order valence-electron chi connectivity index (χ3n) is 2.50. The predicted octanol–water partition coefficient (Wildman–Crippen LogP) is 2.67. The number of hydrogen-bond acceptors (Lipinski definition) is 5. The molecule has 19 heavy (non-hydrogen) atoms. The van der Waals surface area contributed by atoms with E-state index >= 15 is 0 Å². The van der Waals surface area contributed by atoms with Crippen LogP contribution in [0, 0.1) is 6.92 Å². The lowest BCUT2D eigenvalue weighted by atomic mass is 10.1. The van der Waals surface area contributed by atoms with Gasteiger partial charge in [-0.25, -0.2) is 0 Å². The largest absolute Gasteiger partial charge is 0.399 e. The van der Waals surface area contributed by atoms with Crippen LogP contribution in [0.5, 0.6) is 0 Å². The molecule has 102 valence electrons. The maximum atomic E-state index is 12.1. The van der Waals surface area contributed by atoms with Crippen LogP contribution < -0.4 is 11.1 Å². The number of amides is 1. The average molecular weight is 299 g/mol. The molecule has 0 saturated heterocycles. The molecule has 2 aromatic rings. The lowest BCUT2D eigenvalue weighted by Crippen LogP contribution is -2.13. The summed E-state index contributed by atoms with van der Waals surface area (Å²) < 4.78 is 0. The van der Waals surface area contributed by atoms with Gasteiger partial charge in [-0.1, -0.05) is 24.3 Å². The molecule has 0 aliphatic carbocycles. The highest BCUT2D eigenvalue weighted by molar-refractivity contribution is 7.15. The van der Waals surface area contributed by atoms with E-state index in [4.69, 9.17) is 5.73 Å². The molecule has 1 aromatic carbocycles. The second-order valence-electron chi connectivity index (χ2n) is 3.88. The minimum atomic E-state index is -0.210. The van der Waals surface area contributed by atoms with Crippen LogP contribution in [0.4, 0.5) is 10.8 Å². The molecule has 0 aliphatic heterocycles. The second-order valence-corrected chi connectivity index (χ2v) is 4.95. The number of nitrogens with zero attached hydrogens (tertiary/aromatic N) is 2. The lowest BCUT2D eigenvalue weighted by Gasteiger charge is -2.05. The van der Waals surface area contributed by atoms with E-state index in [-0.39, 0.29) is 18.3 Å². The van der Waals surface area contributed by atoms with E-state index in [2.05, 4.69) is 15.5 Å². The van der Waals surface area contributed by atoms with Crippen molar-refractivity contribution in [2.24, 2.45) is 0 Å². The predicted molar refractivity (Wildman–Crippen MR) is 80.1 cm³/mol. The summed E-state index contributed by atoms with van der Waals surface area (Å²) in [4.78, 5) is 12.1. The van der Waals surface area contributed by atoms with Crippen molar-refractivity contribution < 1.29 is 4.79 Å². The summed E-state index contributed by atoms with van der Waals surface area (Å²) in [5.41, 5.74) is 7.68. The van der Waals surface area contributed by atoms with Gasteiger partial charge in [-0.3, -0.25) is 10.1 Å². The smallest absolute Gasteiger partial charge is 0.257 e. The summed E-state index contributed by atoms with van der Waals surface area (Å²) >= 11 is 1.38. The van der Waals surface area contributed by atoms with Crippen molar-refractivity contribution in [1.29, 1.82) is 0 Å². The number of halogens is 1. The number of nitrogen functional groups attached to an aromatic ring is 1. The van der Waals surface area contributed by atoms with Gasteiger partial charge in [0.25, 0.3) is 5.91 Å². The number of carbonyl (C=O) groups excluding carboxylic acids is 1. The zero-order valence-electron chi connectivity index (χ0n) is 10.6. The van der Waals surface area contributed by atoms with Gasteiger partial charge >= 0.3 is 0 Å². The summed E-state index contributed by atoms with van der Waals surface area (Å²) in [6, 6.07) is 5.25. The van der Waals surface area contributed by atoms with E-state index in [1.165, 1.54) is 11.3 Å². The van der Waals surface area contributed by atoms with Gasteiger partial charge in [0.1, 0.15) is 5.01 Å². The van der Waals surface area contributed by atoms with Crippen molar-refractivity contribution in [1.82, 2.24) is 10.2 Å². The molecule has 3 N–H and O–H groups in total. The molecule has 0 aliphatic rings. The highest BCUT2D eigenvalue weighted by atomic mass is 35.5. The highest BCUT2D eigenvalue weighted by Gasteiger charge is 2.12. The van der Waals surface area contributed by atoms with E-state index in [1.54, 1.807) is 12.1 Å². The Morgan fingerprint density at radius 3 is 2.79 bits per heavy atom. The van der Waals surface area contributed by atoms with Crippen molar-refractivity contribution in [3.05, 3.63) is 34.3 Å². The van der Waals surface area contributed by atoms with Gasteiger partial charge < -0.3 is 5.73 Å². The van der Waals surface area contributed by atoms with Crippen LogP contribution in [0.25, 0.3) is 0 Å². The topological polar surface area (TPSA) is 80.9 Å². The Balaban J connectivity index is 0.00000180. The monoisotopic (exact) mass is 298 g/mol. The summed E-state index contributed by atoms with van der Waals surface area (Å²) in [6.07, 6.45) is 0.810. The Morgan fingerprint density at radius 2 is 2.16 bits per heavy atom. The summed E-state index contributed by atoms with van der Waals surface area (Å²) in [5.74, 6) is -0.210. The molecule has 0 fully saturated rings. The Kier molecular flexibility index (Phi) is 5.26. The van der Waals surface area contributed by atoms with E-state index in [0.717, 1.165) is 17.0 Å². The zero-order valence-corrected chi connectivity index (χ0v) is 12.3. The van der Waals surface area contributed by atoms with Gasteiger partial charge in [0, 0.05) is 11.3 Å². The first kappa shape index (κ1) is 15.4. The fourth-order valence-corrected chi connectivity index (χ4v) is 2.17. The molecule has 7 heteroatoms. The summed E-state index contributed by atoms with van der Waals surface area (Å²) in [6.45, 7) is 3.86. The van der Waals surface area contributed by atoms with Crippen LogP contribution in [0.1, 0.15) is 27.9 Å². The van der Waals surface area contributed by atoms with Crippen molar-refractivity contribution in [2.45, 2.75) is 20.3 Å². The first-order valence-electron chi connectivity index (χ1n) is 5.60. The normalized spacial score (nSPS) is 9.79. The molecule has 1 heterocycles. The molecule has 5 nitrogen and oxygen atoms in total. The van der Waals surface area contributed by atoms with Crippen molar-refractivity contribution in [3.63, 3.8) is 0 Å². The maximum Gasteiger partial charge on any atom is 0.257 e. The van der Waals surface area contributed by atoms with Crippen LogP contribution >= 0.6 is 23.7 Å². The number of hydrogen-bond donors (Lipinski definition) is 2. The van der Waals surface area contributed by atoms with Gasteiger partial charge in [0.05, 0.1) is 0 Å². The number of anilines is 2. The molecular weight excluding hydrogens is 284 g/mol. The molecule has 2 rings (SSSR count). The van der Waals surface area contributed by atoms with Crippen molar-refractivity contribution >= 4 is 40.5 Å². The van der Waals surface area contributed by atoms with Gasteiger partial charge in [-0.2, -0.15) is 0 Å². The van der Waals surface area contributed by atoms with E-state index in [9.17, 15) is 4.79 Å². The molecule has 0 spiro atoms. The third-order valence-corrected chi connectivity index (χ3v) is 3.48. The minimum absolute atomic E-state index is 0. The second kappa shape index (κ2) is 6.49. The highest BCUT2D eigenvalue weighted by Crippen LogP contribution is 2.18. The van der Waals surface area contributed by atoms with E-state index in [0.29, 0.717) is 16.4 Å². The molecule has 1 amide bonds. The van der Waals surface area contributed by atoms with Crippen molar-refractivity contribution in [3.8, 4) is 0 Å². The fraction of sp³-hybridized carbons (Fsp3) is 0.250. The Hall–Kier alpha value is -1.66. The molecule has 0 saturated carbocycles. The van der Waals surface area contributed by atoms with Crippen LogP contribution in [0.3, 0.4) is 0 Å². The SMILES string of the molecule is CCc1nnc(NC(=O)c2cc(N)ccc2C)s1.Cl. The Bertz CT molecular complexity index is 585. The van der Waals surface area contributed by atoms with Crippen LogP contribution in [-0.4, -0.2) is 16.1 Å². The fourth-order valence-electron chi connectivity index (χ4n) is 1.50. The van der Waals surface area contributed by atoms with Crippen LogP contribution in [0.15, 0.2) is 18.2 Å². The number of nitrogens with one attached hydrogen (secondary N) is 1. The first-order valence-corrected chi connectivity index (χ1v) is 6.41. The van der Waals surface area contributed by atoms with Gasteiger partial charge in [0.2, 0.25) is 5.13 Å². The molecule has 0 radical (unpaired) electrons. The molecule has 0 unspecified atom stereocenters. The van der Waals surface area contributed by atoms with Crippen molar-refractivity contribution in [2.75, 3.05) is 11.1 Å². The van der Waals surface area contributed by atoms with Gasteiger partial charge in [0.15, 0.2) is 0 Å². The number of benzene rings is 1. The molecular formula is C12H15ClN4OS. The molecule has 0 bridgehead atoms. The van der Waals surface area contributed by atoms with E-state index in [1.807, 2.05) is 19.9 Å². The minimum Gasteiger partial charge on any atom is -0.399 e. The zero-order chi connectivity index (χ0) is 13.1. The third kappa shape index (κ3) is 3.65. The number of carbonyl (C=O) groups is 1. The quantitative estimate of drug-likeness (QED) is 0.854. The Labute approximate surface area is 121 Å². The number of nitrogens with two attached hydrogens (primary N) is 1.